The van der Waals surface area contributed by atoms with Crippen molar-refractivity contribution < 1.29 is 14.3 Å². The summed E-state index contributed by atoms with van der Waals surface area (Å²) in [6.07, 6.45) is 7.82. The summed E-state index contributed by atoms with van der Waals surface area (Å²) in [5.41, 5.74) is 2.43. The second-order valence-corrected chi connectivity index (χ2v) is 7.58. The molecule has 3 rings (SSSR count). The van der Waals surface area contributed by atoms with Crippen molar-refractivity contribution in [1.82, 2.24) is 14.9 Å². The van der Waals surface area contributed by atoms with Crippen molar-refractivity contribution in [3.8, 4) is 11.4 Å². The highest BCUT2D eigenvalue weighted by molar-refractivity contribution is 5.76. The fourth-order valence-corrected chi connectivity index (χ4v) is 3.76. The number of aliphatic hydroxyl groups is 1. The van der Waals surface area contributed by atoms with E-state index in [-0.39, 0.29) is 31.0 Å². The van der Waals surface area contributed by atoms with Gasteiger partial charge in [0.2, 0.25) is 5.91 Å². The van der Waals surface area contributed by atoms with E-state index in [1.165, 1.54) is 47.2 Å². The van der Waals surface area contributed by atoms with Gasteiger partial charge in [-0.05, 0) is 63.3 Å². The third-order valence-electron chi connectivity index (χ3n) is 5.39. The number of carbonyl (C=O) groups is 1. The summed E-state index contributed by atoms with van der Waals surface area (Å²) in [5, 5.41) is 12.2. The summed E-state index contributed by atoms with van der Waals surface area (Å²) < 4.78 is 14.6. The van der Waals surface area contributed by atoms with Crippen LogP contribution < -0.4 is 10.9 Å². The number of allylic oxidation sites excluding steroid dienone is 1. The van der Waals surface area contributed by atoms with Crippen molar-refractivity contribution in [2.45, 2.75) is 52.0 Å². The minimum Gasteiger partial charge on any atom is -0.396 e. The quantitative estimate of drug-likeness (QED) is 0.652. The van der Waals surface area contributed by atoms with E-state index in [0.717, 1.165) is 19.3 Å². The van der Waals surface area contributed by atoms with E-state index in [1.54, 1.807) is 6.92 Å². The molecule has 0 bridgehead atoms. The van der Waals surface area contributed by atoms with Gasteiger partial charge in [-0.3, -0.25) is 14.2 Å². The van der Waals surface area contributed by atoms with Crippen LogP contribution in [0.2, 0.25) is 0 Å². The van der Waals surface area contributed by atoms with E-state index in [9.17, 15) is 19.1 Å². The van der Waals surface area contributed by atoms with Gasteiger partial charge < -0.3 is 10.4 Å². The molecule has 0 aliphatic heterocycles. The smallest absolute Gasteiger partial charge is 0.257 e. The van der Waals surface area contributed by atoms with E-state index in [1.807, 2.05) is 0 Å². The minimum absolute atomic E-state index is 0.164. The molecule has 1 aliphatic carbocycles. The number of halogens is 1. The van der Waals surface area contributed by atoms with E-state index in [0.29, 0.717) is 29.2 Å². The molecule has 0 unspecified atom stereocenters. The lowest BCUT2D eigenvalue weighted by Crippen LogP contribution is -2.36. The van der Waals surface area contributed by atoms with Crippen LogP contribution in [0.15, 0.2) is 40.7 Å². The standard InChI is InChI=1S/C23H28FN3O3/c1-16-20(12-14-28)23(30)27(22(26-16)18-7-9-19(24)10-8-18)15-21(29)25-13-11-17-5-3-2-4-6-17/h5,7-10,28H,2-4,6,11-15H2,1H3,(H,25,29). The molecule has 1 aromatic heterocycles. The molecule has 160 valence electrons. The number of hydrogen-bond donors (Lipinski definition) is 2. The van der Waals surface area contributed by atoms with Crippen LogP contribution in [0.25, 0.3) is 11.4 Å². The summed E-state index contributed by atoms with van der Waals surface area (Å²) in [4.78, 5) is 30.1. The molecular weight excluding hydrogens is 385 g/mol. The number of aryl methyl sites for hydroxylation is 1. The third-order valence-corrected chi connectivity index (χ3v) is 5.39. The van der Waals surface area contributed by atoms with Crippen LogP contribution in [0.4, 0.5) is 4.39 Å². The lowest BCUT2D eigenvalue weighted by Gasteiger charge is -2.16. The molecular formula is C23H28FN3O3. The number of carbonyl (C=O) groups excluding carboxylic acids is 1. The van der Waals surface area contributed by atoms with E-state index >= 15 is 0 Å². The first-order chi connectivity index (χ1) is 14.5. The molecule has 6 nitrogen and oxygen atoms in total. The van der Waals surface area contributed by atoms with Crippen LogP contribution in [-0.4, -0.2) is 33.7 Å². The molecule has 0 atom stereocenters. The number of nitrogens with zero attached hydrogens (tertiary/aromatic N) is 2. The Hall–Kier alpha value is -2.80. The molecule has 1 amide bonds. The van der Waals surface area contributed by atoms with E-state index in [2.05, 4.69) is 16.4 Å². The number of aliphatic hydroxyl groups excluding tert-OH is 1. The summed E-state index contributed by atoms with van der Waals surface area (Å²) in [6, 6.07) is 5.65. The summed E-state index contributed by atoms with van der Waals surface area (Å²) in [7, 11) is 0. The first-order valence-corrected chi connectivity index (χ1v) is 10.4. The van der Waals surface area contributed by atoms with Gasteiger partial charge in [0.15, 0.2) is 0 Å². The normalized spacial score (nSPS) is 13.8. The van der Waals surface area contributed by atoms with Crippen LogP contribution in [0.5, 0.6) is 0 Å². The fourth-order valence-electron chi connectivity index (χ4n) is 3.76. The van der Waals surface area contributed by atoms with Crippen LogP contribution >= 0.6 is 0 Å². The molecule has 0 spiro atoms. The number of nitrogens with one attached hydrogen (secondary N) is 1. The lowest BCUT2D eigenvalue weighted by atomic mass is 9.97. The van der Waals surface area contributed by atoms with Gasteiger partial charge in [-0.2, -0.15) is 0 Å². The Balaban J connectivity index is 1.82. The van der Waals surface area contributed by atoms with Gasteiger partial charge >= 0.3 is 0 Å². The van der Waals surface area contributed by atoms with Crippen LogP contribution in [0.3, 0.4) is 0 Å². The average molecular weight is 413 g/mol. The topological polar surface area (TPSA) is 84.2 Å². The Morgan fingerprint density at radius 3 is 2.67 bits per heavy atom. The summed E-state index contributed by atoms with van der Waals surface area (Å²) >= 11 is 0. The zero-order chi connectivity index (χ0) is 21.5. The van der Waals surface area contributed by atoms with Crippen LogP contribution in [0.1, 0.15) is 43.4 Å². The molecule has 0 saturated carbocycles. The van der Waals surface area contributed by atoms with Crippen molar-refractivity contribution in [2.24, 2.45) is 0 Å². The van der Waals surface area contributed by atoms with Crippen LogP contribution in [0, 0.1) is 12.7 Å². The van der Waals surface area contributed by atoms with Gasteiger partial charge in [0, 0.05) is 36.4 Å². The Morgan fingerprint density at radius 1 is 1.23 bits per heavy atom. The number of benzene rings is 1. The molecule has 0 fully saturated rings. The van der Waals surface area contributed by atoms with Gasteiger partial charge in [0.05, 0.1) is 0 Å². The maximum Gasteiger partial charge on any atom is 0.257 e. The molecule has 30 heavy (non-hydrogen) atoms. The summed E-state index contributed by atoms with van der Waals surface area (Å²) in [6.45, 7) is 1.85. The molecule has 2 aromatic rings. The Bertz CT molecular complexity index is 980. The molecule has 2 N–H and O–H groups in total. The Kier molecular flexibility index (Phi) is 7.52. The fraction of sp³-hybridized carbons (Fsp3) is 0.435. The monoisotopic (exact) mass is 413 g/mol. The number of amides is 1. The van der Waals surface area contributed by atoms with Gasteiger partial charge in [0.25, 0.3) is 5.56 Å². The van der Waals surface area contributed by atoms with Crippen molar-refractivity contribution in [3.05, 3.63) is 63.3 Å². The van der Waals surface area contributed by atoms with Gasteiger partial charge in [-0.1, -0.05) is 11.6 Å². The highest BCUT2D eigenvalue weighted by Gasteiger charge is 2.18. The SMILES string of the molecule is Cc1nc(-c2ccc(F)cc2)n(CC(=O)NCCC2=CCCCC2)c(=O)c1CCO. The Morgan fingerprint density at radius 2 is 2.00 bits per heavy atom. The minimum atomic E-state index is -0.393. The molecule has 0 saturated heterocycles. The maximum absolute atomic E-state index is 13.3. The summed E-state index contributed by atoms with van der Waals surface area (Å²) in [5.74, 6) is -0.363. The van der Waals surface area contributed by atoms with Crippen molar-refractivity contribution in [2.75, 3.05) is 13.2 Å². The van der Waals surface area contributed by atoms with E-state index < -0.39 is 5.82 Å². The maximum atomic E-state index is 13.3. The third kappa shape index (κ3) is 5.42. The van der Waals surface area contributed by atoms with Crippen LogP contribution in [-0.2, 0) is 17.8 Å². The largest absolute Gasteiger partial charge is 0.396 e. The number of aromatic nitrogens is 2. The lowest BCUT2D eigenvalue weighted by molar-refractivity contribution is -0.121. The van der Waals surface area contributed by atoms with Gasteiger partial charge in [0.1, 0.15) is 18.2 Å². The van der Waals surface area contributed by atoms with E-state index in [4.69, 9.17) is 0 Å². The highest BCUT2D eigenvalue weighted by Crippen LogP contribution is 2.20. The predicted molar refractivity (Wildman–Crippen MR) is 114 cm³/mol. The number of hydrogen-bond acceptors (Lipinski definition) is 4. The first kappa shape index (κ1) is 21.9. The van der Waals surface area contributed by atoms with Crippen molar-refractivity contribution in [3.63, 3.8) is 0 Å². The zero-order valence-electron chi connectivity index (χ0n) is 17.3. The predicted octanol–water partition coefficient (Wildman–Crippen LogP) is 2.90. The molecule has 1 aliphatic rings. The Labute approximate surface area is 175 Å². The molecule has 1 heterocycles. The average Bonchev–Trinajstić information content (AvgIpc) is 2.74. The van der Waals surface area contributed by atoms with Crippen molar-refractivity contribution >= 4 is 5.91 Å². The second kappa shape index (κ2) is 10.3. The highest BCUT2D eigenvalue weighted by atomic mass is 19.1. The first-order valence-electron chi connectivity index (χ1n) is 10.4. The molecule has 0 radical (unpaired) electrons. The second-order valence-electron chi connectivity index (χ2n) is 7.58. The van der Waals surface area contributed by atoms with Gasteiger partial charge in [-0.25, -0.2) is 9.37 Å². The molecule has 1 aromatic carbocycles. The van der Waals surface area contributed by atoms with Gasteiger partial charge in [-0.15, -0.1) is 0 Å². The molecule has 7 heteroatoms. The van der Waals surface area contributed by atoms with Crippen molar-refractivity contribution in [1.29, 1.82) is 0 Å². The zero-order valence-corrected chi connectivity index (χ0v) is 17.3. The number of rotatable bonds is 8.